The molecule has 3 aromatic rings. The number of benzene rings is 2. The van der Waals surface area contributed by atoms with Crippen LogP contribution in [0.3, 0.4) is 0 Å². The monoisotopic (exact) mass is 440 g/mol. The van der Waals surface area contributed by atoms with E-state index in [1.807, 2.05) is 54.6 Å². The lowest BCUT2D eigenvalue weighted by Crippen LogP contribution is -2.38. The van der Waals surface area contributed by atoms with Crippen molar-refractivity contribution in [1.82, 2.24) is 9.78 Å². The van der Waals surface area contributed by atoms with Gasteiger partial charge in [0.15, 0.2) is 5.78 Å². The number of carbonyl (C=O) groups excluding carboxylic acids is 1. The first kappa shape index (κ1) is 21.6. The molecule has 0 saturated carbocycles. The molecule has 0 N–H and O–H groups in total. The molecule has 0 aliphatic carbocycles. The number of ketones is 1. The lowest BCUT2D eigenvalue weighted by molar-refractivity contribution is -0.139. The highest BCUT2D eigenvalue weighted by molar-refractivity contribution is 6.32. The minimum Gasteiger partial charge on any atom is -0.486 e. The van der Waals surface area contributed by atoms with E-state index in [0.717, 1.165) is 22.7 Å². The molecule has 0 spiro atoms. The van der Waals surface area contributed by atoms with Gasteiger partial charge in [-0.1, -0.05) is 35.9 Å². The number of carbonyl (C=O) groups is 1. The van der Waals surface area contributed by atoms with Gasteiger partial charge >= 0.3 is 0 Å². The Morgan fingerprint density at radius 3 is 2.65 bits per heavy atom. The third-order valence-electron chi connectivity index (χ3n) is 5.31. The summed E-state index contributed by atoms with van der Waals surface area (Å²) in [7, 11) is 0. The van der Waals surface area contributed by atoms with Crippen molar-refractivity contribution in [1.29, 1.82) is 0 Å². The van der Waals surface area contributed by atoms with Crippen molar-refractivity contribution >= 4 is 17.4 Å². The molecule has 1 aliphatic heterocycles. The van der Waals surface area contributed by atoms with Gasteiger partial charge in [-0.2, -0.15) is 5.10 Å². The molecule has 2 heterocycles. The van der Waals surface area contributed by atoms with Crippen molar-refractivity contribution in [3.63, 3.8) is 0 Å². The first-order chi connectivity index (χ1) is 14.8. The summed E-state index contributed by atoms with van der Waals surface area (Å²) in [6.07, 6.45) is 0.0847. The predicted molar refractivity (Wildman–Crippen MR) is 119 cm³/mol. The molecule has 162 valence electrons. The molecule has 0 amide bonds. The fourth-order valence-corrected chi connectivity index (χ4v) is 3.29. The van der Waals surface area contributed by atoms with Crippen LogP contribution < -0.4 is 4.74 Å². The smallest absolute Gasteiger partial charge is 0.161 e. The Hall–Kier alpha value is -2.67. The van der Waals surface area contributed by atoms with Crippen molar-refractivity contribution in [2.75, 3.05) is 13.2 Å². The van der Waals surface area contributed by atoms with Crippen molar-refractivity contribution in [3.05, 3.63) is 65.3 Å². The zero-order valence-corrected chi connectivity index (χ0v) is 18.6. The van der Waals surface area contributed by atoms with Gasteiger partial charge in [0.25, 0.3) is 0 Å². The van der Waals surface area contributed by atoms with Gasteiger partial charge < -0.3 is 14.2 Å². The lowest BCUT2D eigenvalue weighted by atomic mass is 10.1. The second-order valence-electron chi connectivity index (χ2n) is 8.04. The van der Waals surface area contributed by atoms with Gasteiger partial charge in [0.05, 0.1) is 41.9 Å². The van der Waals surface area contributed by atoms with E-state index in [1.165, 1.54) is 6.92 Å². The number of ether oxygens (including phenoxy) is 3. The van der Waals surface area contributed by atoms with E-state index >= 15 is 0 Å². The van der Waals surface area contributed by atoms with Gasteiger partial charge in [-0.15, -0.1) is 0 Å². The van der Waals surface area contributed by atoms with Crippen LogP contribution in [0.4, 0.5) is 0 Å². The van der Waals surface area contributed by atoms with Crippen molar-refractivity contribution < 1.29 is 19.0 Å². The number of aromatic nitrogens is 2. The number of para-hydroxylation sites is 1. The fraction of sp³-hybridized carbons (Fsp3) is 0.333. The van der Waals surface area contributed by atoms with Gasteiger partial charge in [-0.05, 0) is 51.1 Å². The third-order valence-corrected chi connectivity index (χ3v) is 5.63. The Balaban J connectivity index is 1.70. The molecule has 1 fully saturated rings. The summed E-state index contributed by atoms with van der Waals surface area (Å²) in [5, 5.41) is 5.32. The average molecular weight is 441 g/mol. The first-order valence-electron chi connectivity index (χ1n) is 10.2. The van der Waals surface area contributed by atoms with Gasteiger partial charge in [-0.3, -0.25) is 4.79 Å². The summed E-state index contributed by atoms with van der Waals surface area (Å²) in [6.45, 7) is 6.45. The maximum absolute atomic E-state index is 11.8. The number of hydrogen-bond donors (Lipinski definition) is 0. The Morgan fingerprint density at radius 2 is 1.97 bits per heavy atom. The van der Waals surface area contributed by atoms with Gasteiger partial charge in [-0.25, -0.2) is 4.68 Å². The van der Waals surface area contributed by atoms with E-state index < -0.39 is 5.60 Å². The lowest BCUT2D eigenvalue weighted by Gasteiger charge is -2.26. The van der Waals surface area contributed by atoms with Crippen LogP contribution in [0.2, 0.25) is 5.02 Å². The Bertz CT molecular complexity index is 1090. The van der Waals surface area contributed by atoms with Gasteiger partial charge in [0.2, 0.25) is 0 Å². The van der Waals surface area contributed by atoms with Crippen molar-refractivity contribution in [2.45, 2.75) is 39.1 Å². The summed E-state index contributed by atoms with van der Waals surface area (Å²) >= 11 is 6.47. The number of rotatable bonds is 8. The van der Waals surface area contributed by atoms with Crippen LogP contribution in [0, 0.1) is 0 Å². The standard InChI is InChI=1S/C24H25ClN2O4/c1-16(28)24(2,3)30-13-18-12-23(27(26-18)22-10-5-4-9-21(22)25)17-7-6-8-19(11-17)31-20-14-29-15-20/h4-12,20H,13-15H2,1-3H3. The van der Waals surface area contributed by atoms with Crippen LogP contribution in [0.1, 0.15) is 26.5 Å². The van der Waals surface area contributed by atoms with E-state index in [2.05, 4.69) is 0 Å². The molecule has 1 saturated heterocycles. The van der Waals surface area contributed by atoms with Crippen LogP contribution in [-0.4, -0.2) is 40.5 Å². The number of halogens is 1. The summed E-state index contributed by atoms with van der Waals surface area (Å²) in [6, 6.07) is 17.3. The topological polar surface area (TPSA) is 62.6 Å². The van der Waals surface area contributed by atoms with Crippen molar-refractivity contribution in [3.8, 4) is 22.7 Å². The number of nitrogens with zero attached hydrogens (tertiary/aromatic N) is 2. The van der Waals surface area contributed by atoms with Gasteiger partial charge in [0, 0.05) is 5.56 Å². The van der Waals surface area contributed by atoms with E-state index in [9.17, 15) is 4.79 Å². The number of hydrogen-bond acceptors (Lipinski definition) is 5. The van der Waals surface area contributed by atoms with Gasteiger partial charge in [0.1, 0.15) is 17.5 Å². The maximum Gasteiger partial charge on any atom is 0.161 e. The highest BCUT2D eigenvalue weighted by Gasteiger charge is 2.25. The molecule has 1 aliphatic rings. The molecule has 0 bridgehead atoms. The summed E-state index contributed by atoms with van der Waals surface area (Å²) in [5.74, 6) is 0.733. The Labute approximate surface area is 186 Å². The minimum atomic E-state index is -0.882. The predicted octanol–water partition coefficient (Wildman–Crippen LogP) is 4.85. The highest BCUT2D eigenvalue weighted by atomic mass is 35.5. The van der Waals surface area contributed by atoms with Crippen molar-refractivity contribution in [2.24, 2.45) is 0 Å². The van der Waals surface area contributed by atoms with E-state index in [1.54, 1.807) is 18.5 Å². The first-order valence-corrected chi connectivity index (χ1v) is 10.5. The van der Waals surface area contributed by atoms with Crippen LogP contribution >= 0.6 is 11.6 Å². The second-order valence-corrected chi connectivity index (χ2v) is 8.45. The SMILES string of the molecule is CC(=O)C(C)(C)OCc1cc(-c2cccc(OC3COC3)c2)n(-c2ccccc2Cl)n1. The Morgan fingerprint density at radius 1 is 1.19 bits per heavy atom. The molecule has 4 rings (SSSR count). The zero-order chi connectivity index (χ0) is 22.0. The third kappa shape index (κ3) is 4.82. The zero-order valence-electron chi connectivity index (χ0n) is 17.8. The van der Waals surface area contributed by atoms with E-state index in [-0.39, 0.29) is 18.5 Å². The normalized spacial score (nSPS) is 14.3. The van der Waals surface area contributed by atoms with Crippen LogP contribution in [0.25, 0.3) is 16.9 Å². The molecule has 7 heteroatoms. The molecule has 6 nitrogen and oxygen atoms in total. The molecule has 1 aromatic heterocycles. The summed E-state index contributed by atoms with van der Waals surface area (Å²) in [4.78, 5) is 11.8. The quantitative estimate of drug-likeness (QED) is 0.500. The molecule has 2 aromatic carbocycles. The summed E-state index contributed by atoms with van der Waals surface area (Å²) in [5.41, 5.74) is 2.36. The molecule has 0 unspecified atom stereocenters. The van der Waals surface area contributed by atoms with Crippen LogP contribution in [0.5, 0.6) is 5.75 Å². The molecular formula is C24H25ClN2O4. The summed E-state index contributed by atoms with van der Waals surface area (Å²) < 4.78 is 18.8. The molecule has 0 radical (unpaired) electrons. The fourth-order valence-electron chi connectivity index (χ4n) is 3.07. The second kappa shape index (κ2) is 8.83. The Kier molecular flexibility index (Phi) is 6.14. The average Bonchev–Trinajstić information content (AvgIpc) is 3.14. The highest BCUT2D eigenvalue weighted by Crippen LogP contribution is 2.31. The molecule has 0 atom stereocenters. The largest absolute Gasteiger partial charge is 0.486 e. The van der Waals surface area contributed by atoms with Crippen LogP contribution in [0.15, 0.2) is 54.6 Å². The van der Waals surface area contributed by atoms with E-state index in [4.69, 9.17) is 30.9 Å². The number of Topliss-reactive ketones (excluding diaryl/α,β-unsaturated/α-hetero) is 1. The maximum atomic E-state index is 11.8. The van der Waals surface area contributed by atoms with E-state index in [0.29, 0.717) is 23.9 Å². The molecule has 31 heavy (non-hydrogen) atoms. The molecular weight excluding hydrogens is 416 g/mol. The van der Waals surface area contributed by atoms with Crippen LogP contribution in [-0.2, 0) is 20.9 Å². The minimum absolute atomic E-state index is 0.0388.